The summed E-state index contributed by atoms with van der Waals surface area (Å²) < 4.78 is 17.0. The Balaban J connectivity index is 4.37. The van der Waals surface area contributed by atoms with Crippen LogP contribution >= 0.6 is 0 Å². The number of ether oxygens (including phenoxy) is 3. The third-order valence-corrected chi connectivity index (χ3v) is 14.9. The molecule has 0 aliphatic rings. The lowest BCUT2D eigenvalue weighted by atomic mass is 10.0. The summed E-state index contributed by atoms with van der Waals surface area (Å²) in [4.78, 5) is 38.4. The first-order valence-corrected chi connectivity index (χ1v) is 33.9. The molecule has 0 fully saturated rings. The molecule has 0 spiro atoms. The molecule has 0 aliphatic heterocycles. The van der Waals surface area contributed by atoms with Crippen LogP contribution in [0.2, 0.25) is 0 Å². The topological polar surface area (TPSA) is 78.9 Å². The standard InChI is InChI=1S/C72H128O6/c1-4-7-10-13-16-19-22-25-28-31-34-36-39-41-44-47-50-53-56-59-62-65-71(74)77-68-69(67-76-70(73)64-61-58-55-52-49-46-43-40-37-33-30-27-24-21-18-15-12-9-6-3)78-72(75)66-63-60-57-54-51-48-45-42-38-35-32-29-26-23-20-17-14-11-8-5-2/h7,10,16,18-19,21,25,27-28,30,34,36,69H,4-6,8-9,11-15,17,20,22-24,26,29,31-33,35,37-68H2,1-3H3/b10-7-,19-16-,21-18-,28-25-,30-27-,36-34-. The van der Waals surface area contributed by atoms with Crippen LogP contribution in [0, 0.1) is 0 Å². The highest BCUT2D eigenvalue weighted by molar-refractivity contribution is 5.71. The summed E-state index contributed by atoms with van der Waals surface area (Å²) in [7, 11) is 0. The fraction of sp³-hybridized carbons (Fsp3) is 0.792. The Morgan fingerprint density at radius 2 is 0.500 bits per heavy atom. The highest BCUT2D eigenvalue weighted by atomic mass is 16.6. The van der Waals surface area contributed by atoms with E-state index in [1.807, 2.05) is 0 Å². The molecule has 6 heteroatoms. The van der Waals surface area contributed by atoms with Gasteiger partial charge in [-0.05, 0) is 89.9 Å². The van der Waals surface area contributed by atoms with Crippen LogP contribution in [0.4, 0.5) is 0 Å². The fourth-order valence-electron chi connectivity index (χ4n) is 9.88. The molecule has 452 valence electrons. The van der Waals surface area contributed by atoms with Gasteiger partial charge in [-0.3, -0.25) is 14.4 Å². The van der Waals surface area contributed by atoms with E-state index in [1.54, 1.807) is 0 Å². The van der Waals surface area contributed by atoms with Crippen molar-refractivity contribution in [1.29, 1.82) is 0 Å². The van der Waals surface area contributed by atoms with Crippen molar-refractivity contribution >= 4 is 17.9 Å². The number of carbonyl (C=O) groups is 3. The van der Waals surface area contributed by atoms with Crippen LogP contribution in [0.1, 0.15) is 348 Å². The van der Waals surface area contributed by atoms with E-state index in [-0.39, 0.29) is 31.1 Å². The Bertz CT molecular complexity index is 1440. The SMILES string of the molecule is CC/C=C\C/C=C\C/C=C\C/C=C\CCCCCCCCCCC(=O)OCC(COC(=O)CCCCCCCCCCC/C=C\C/C=C\CCCCC)OC(=O)CCCCCCCCCCCCCCCCCCCCCC. The Morgan fingerprint density at radius 3 is 0.808 bits per heavy atom. The summed E-state index contributed by atoms with van der Waals surface area (Å²) in [6, 6.07) is 0. The molecule has 1 atom stereocenters. The Kier molecular flexibility index (Phi) is 63.7. The van der Waals surface area contributed by atoms with Crippen LogP contribution in [-0.2, 0) is 28.6 Å². The van der Waals surface area contributed by atoms with Crippen molar-refractivity contribution in [2.75, 3.05) is 13.2 Å². The van der Waals surface area contributed by atoms with Crippen molar-refractivity contribution in [3.05, 3.63) is 72.9 Å². The van der Waals surface area contributed by atoms with Crippen molar-refractivity contribution in [2.24, 2.45) is 0 Å². The van der Waals surface area contributed by atoms with E-state index in [4.69, 9.17) is 14.2 Å². The minimum Gasteiger partial charge on any atom is -0.462 e. The normalized spacial score (nSPS) is 12.5. The van der Waals surface area contributed by atoms with Gasteiger partial charge in [0.25, 0.3) is 0 Å². The zero-order valence-electron chi connectivity index (χ0n) is 51.9. The molecule has 0 aliphatic carbocycles. The van der Waals surface area contributed by atoms with E-state index in [1.165, 1.54) is 212 Å². The number of esters is 3. The van der Waals surface area contributed by atoms with Gasteiger partial charge in [-0.25, -0.2) is 0 Å². The van der Waals surface area contributed by atoms with Crippen LogP contribution in [0.3, 0.4) is 0 Å². The molecular formula is C72H128O6. The number of carbonyl (C=O) groups excluding carboxylic acids is 3. The predicted molar refractivity (Wildman–Crippen MR) is 339 cm³/mol. The average molecular weight is 1090 g/mol. The van der Waals surface area contributed by atoms with Gasteiger partial charge >= 0.3 is 17.9 Å². The van der Waals surface area contributed by atoms with Crippen molar-refractivity contribution in [2.45, 2.75) is 354 Å². The van der Waals surface area contributed by atoms with Crippen LogP contribution in [0.25, 0.3) is 0 Å². The van der Waals surface area contributed by atoms with Gasteiger partial charge in [0.1, 0.15) is 13.2 Å². The molecule has 0 aromatic carbocycles. The van der Waals surface area contributed by atoms with E-state index >= 15 is 0 Å². The Labute approximate surface area is 484 Å². The second-order valence-corrected chi connectivity index (χ2v) is 22.7. The van der Waals surface area contributed by atoms with Crippen LogP contribution in [0.5, 0.6) is 0 Å². The lowest BCUT2D eigenvalue weighted by Crippen LogP contribution is -2.30. The third kappa shape index (κ3) is 63.7. The van der Waals surface area contributed by atoms with Crippen LogP contribution in [-0.4, -0.2) is 37.2 Å². The minimum absolute atomic E-state index is 0.0769. The number of rotatable bonds is 62. The van der Waals surface area contributed by atoms with Crippen LogP contribution < -0.4 is 0 Å². The molecule has 0 heterocycles. The monoisotopic (exact) mass is 1090 g/mol. The molecule has 0 bridgehead atoms. The maximum atomic E-state index is 13.0. The molecule has 0 saturated heterocycles. The first-order chi connectivity index (χ1) is 38.5. The van der Waals surface area contributed by atoms with Crippen molar-refractivity contribution < 1.29 is 28.6 Å². The van der Waals surface area contributed by atoms with Gasteiger partial charge in [0.2, 0.25) is 0 Å². The molecular weight excluding hydrogens is 961 g/mol. The maximum absolute atomic E-state index is 13.0. The summed E-state index contributed by atoms with van der Waals surface area (Å²) in [6.45, 7) is 6.55. The van der Waals surface area contributed by atoms with Gasteiger partial charge in [0, 0.05) is 19.3 Å². The molecule has 0 rings (SSSR count). The lowest BCUT2D eigenvalue weighted by Gasteiger charge is -2.18. The van der Waals surface area contributed by atoms with E-state index in [0.29, 0.717) is 19.3 Å². The predicted octanol–water partition coefficient (Wildman–Crippen LogP) is 23.3. The van der Waals surface area contributed by atoms with Gasteiger partial charge in [0.05, 0.1) is 0 Å². The zero-order valence-corrected chi connectivity index (χ0v) is 51.9. The van der Waals surface area contributed by atoms with E-state index in [0.717, 1.165) is 96.3 Å². The third-order valence-electron chi connectivity index (χ3n) is 14.9. The van der Waals surface area contributed by atoms with Crippen molar-refractivity contribution in [3.8, 4) is 0 Å². The summed E-state index contributed by atoms with van der Waals surface area (Å²) in [6.07, 6.45) is 86.2. The largest absolute Gasteiger partial charge is 0.462 e. The van der Waals surface area contributed by atoms with Gasteiger partial charge in [-0.2, -0.15) is 0 Å². The second kappa shape index (κ2) is 66.4. The molecule has 1 unspecified atom stereocenters. The molecule has 6 nitrogen and oxygen atoms in total. The van der Waals surface area contributed by atoms with Crippen LogP contribution in [0.15, 0.2) is 72.9 Å². The number of hydrogen-bond donors (Lipinski definition) is 0. The van der Waals surface area contributed by atoms with Crippen molar-refractivity contribution in [3.63, 3.8) is 0 Å². The fourth-order valence-corrected chi connectivity index (χ4v) is 9.88. The maximum Gasteiger partial charge on any atom is 0.306 e. The lowest BCUT2D eigenvalue weighted by molar-refractivity contribution is -0.167. The van der Waals surface area contributed by atoms with Gasteiger partial charge in [-0.1, -0.05) is 312 Å². The highest BCUT2D eigenvalue weighted by Crippen LogP contribution is 2.18. The molecule has 78 heavy (non-hydrogen) atoms. The van der Waals surface area contributed by atoms with Gasteiger partial charge in [0.15, 0.2) is 6.10 Å². The quantitative estimate of drug-likeness (QED) is 0.0261. The number of unbranched alkanes of at least 4 members (excludes halogenated alkanes) is 39. The Hall–Kier alpha value is -3.15. The van der Waals surface area contributed by atoms with E-state index in [2.05, 4.69) is 93.7 Å². The first kappa shape index (κ1) is 74.8. The average Bonchev–Trinajstić information content (AvgIpc) is 3.44. The smallest absolute Gasteiger partial charge is 0.306 e. The molecule has 0 N–H and O–H groups in total. The highest BCUT2D eigenvalue weighted by Gasteiger charge is 2.19. The first-order valence-electron chi connectivity index (χ1n) is 33.9. The summed E-state index contributed by atoms with van der Waals surface area (Å²) in [5, 5.41) is 0. The summed E-state index contributed by atoms with van der Waals surface area (Å²) in [5.41, 5.74) is 0. The summed E-state index contributed by atoms with van der Waals surface area (Å²) >= 11 is 0. The van der Waals surface area contributed by atoms with Crippen molar-refractivity contribution in [1.82, 2.24) is 0 Å². The zero-order chi connectivity index (χ0) is 56.4. The van der Waals surface area contributed by atoms with Gasteiger partial charge in [-0.15, -0.1) is 0 Å². The second-order valence-electron chi connectivity index (χ2n) is 22.7. The summed E-state index contributed by atoms with van der Waals surface area (Å²) in [5.74, 6) is -0.867. The number of hydrogen-bond acceptors (Lipinski definition) is 6. The Morgan fingerprint density at radius 1 is 0.269 bits per heavy atom. The van der Waals surface area contributed by atoms with E-state index in [9.17, 15) is 14.4 Å². The van der Waals surface area contributed by atoms with E-state index < -0.39 is 6.10 Å². The molecule has 0 radical (unpaired) electrons. The molecule has 0 aromatic heterocycles. The number of allylic oxidation sites excluding steroid dienone is 12. The molecule has 0 amide bonds. The van der Waals surface area contributed by atoms with Gasteiger partial charge < -0.3 is 14.2 Å². The molecule has 0 aromatic rings. The molecule has 0 saturated carbocycles. The minimum atomic E-state index is -0.781.